The number of pyridine rings is 3. The Morgan fingerprint density at radius 2 is 1.84 bits per heavy atom. The van der Waals surface area contributed by atoms with Gasteiger partial charge in [0.25, 0.3) is 5.92 Å². The van der Waals surface area contributed by atoms with Gasteiger partial charge in [0.15, 0.2) is 11.5 Å². The lowest BCUT2D eigenvalue weighted by Gasteiger charge is -2.15. The van der Waals surface area contributed by atoms with Crippen molar-refractivity contribution in [1.29, 1.82) is 0 Å². The Hall–Kier alpha value is -4.88. The van der Waals surface area contributed by atoms with Gasteiger partial charge in [-0.25, -0.2) is 23.1 Å². The van der Waals surface area contributed by atoms with E-state index in [9.17, 15) is 13.2 Å². The number of aromatic amines is 2. The molecule has 7 rings (SSSR count). The van der Waals surface area contributed by atoms with Crippen molar-refractivity contribution in [1.82, 2.24) is 44.9 Å². The van der Waals surface area contributed by atoms with Gasteiger partial charge in [-0.15, -0.1) is 0 Å². The van der Waals surface area contributed by atoms with Crippen molar-refractivity contribution in [2.75, 3.05) is 45.6 Å². The number of imidazole rings is 1. The van der Waals surface area contributed by atoms with Crippen LogP contribution in [0.15, 0.2) is 61.1 Å². The summed E-state index contributed by atoms with van der Waals surface area (Å²) in [7, 11) is 3.96. The van der Waals surface area contributed by atoms with Crippen LogP contribution in [0.4, 0.5) is 18.9 Å². The highest BCUT2D eigenvalue weighted by Gasteiger charge is 2.38. The topological polar surface area (TPSA) is 115 Å². The van der Waals surface area contributed by atoms with Gasteiger partial charge < -0.3 is 15.2 Å². The molecule has 45 heavy (non-hydrogen) atoms. The number of aromatic nitrogens is 7. The second kappa shape index (κ2) is 11.6. The molecule has 0 radical (unpaired) electrons. The molecular weight excluding hydrogens is 581 g/mol. The van der Waals surface area contributed by atoms with E-state index in [-0.39, 0.29) is 18.8 Å². The predicted octanol–water partition coefficient (Wildman–Crippen LogP) is 5.58. The van der Waals surface area contributed by atoms with Gasteiger partial charge in [-0.3, -0.25) is 20.0 Å². The number of hydrogen-bond donors (Lipinski definition) is 3. The van der Waals surface area contributed by atoms with Gasteiger partial charge in [0.05, 0.1) is 29.0 Å². The second-order valence-electron chi connectivity index (χ2n) is 11.7. The molecule has 6 aromatic rings. The molecule has 0 unspecified atom stereocenters. The molecule has 13 heteroatoms. The molecule has 1 aliphatic heterocycles. The van der Waals surface area contributed by atoms with Crippen molar-refractivity contribution < 1.29 is 13.2 Å². The number of anilines is 1. The standard InChI is InChI=1S/C32H31F3N10/c1-44(2)10-8-37-23-13-20(12-22(33)14-23)27-28-25(5-7-38-27)40-31(41-28)30-29-26(42-43-30)4-3-24(39-29)21-11-19(15-36-16-21)17-45-9-6-32(34,35)18-45/h3-5,7,11-16,37H,6,8-10,17-18H2,1-2H3,(H,40,41)(H,42,43). The van der Waals surface area contributed by atoms with Gasteiger partial charge in [0.2, 0.25) is 0 Å². The van der Waals surface area contributed by atoms with Crippen LogP contribution in [0.2, 0.25) is 0 Å². The van der Waals surface area contributed by atoms with E-state index in [1.54, 1.807) is 23.5 Å². The number of fused-ring (bicyclic) bond motifs is 2. The first kappa shape index (κ1) is 28.9. The SMILES string of the molecule is CN(C)CCNc1cc(F)cc(-c2nccc3[nH]c(-c4n[nH]c5ccc(-c6cncc(CN7CCC(F)(F)C7)c6)nc45)nc23)c1. The molecule has 0 aliphatic carbocycles. The molecule has 6 heterocycles. The Balaban J connectivity index is 1.20. The van der Waals surface area contributed by atoms with Crippen LogP contribution in [0.25, 0.3) is 56.1 Å². The summed E-state index contributed by atoms with van der Waals surface area (Å²) < 4.78 is 42.1. The molecule has 0 spiro atoms. The average molecular weight is 613 g/mol. The lowest BCUT2D eigenvalue weighted by molar-refractivity contribution is 0.0115. The van der Waals surface area contributed by atoms with Crippen molar-refractivity contribution in [2.24, 2.45) is 0 Å². The third-order valence-corrected chi connectivity index (χ3v) is 7.84. The number of benzene rings is 1. The zero-order valence-corrected chi connectivity index (χ0v) is 24.8. The molecular formula is C32H31F3N10. The number of likely N-dealkylation sites (N-methyl/N-ethyl adjacent to an activating group) is 1. The fourth-order valence-electron chi connectivity index (χ4n) is 5.65. The van der Waals surface area contributed by atoms with Crippen molar-refractivity contribution in [3.63, 3.8) is 0 Å². The van der Waals surface area contributed by atoms with Crippen LogP contribution >= 0.6 is 0 Å². The number of likely N-dealkylation sites (tertiary alicyclic amines) is 1. The number of nitrogens with zero attached hydrogens (tertiary/aromatic N) is 7. The van der Waals surface area contributed by atoms with Crippen LogP contribution in [0.5, 0.6) is 0 Å². The van der Waals surface area contributed by atoms with E-state index in [1.807, 2.05) is 49.3 Å². The number of nitrogens with one attached hydrogen (secondary N) is 3. The molecule has 1 aliphatic rings. The zero-order chi connectivity index (χ0) is 31.1. The summed E-state index contributed by atoms with van der Waals surface area (Å²) in [6, 6.07) is 12.3. The summed E-state index contributed by atoms with van der Waals surface area (Å²) in [4.78, 5) is 25.7. The Bertz CT molecular complexity index is 2000. The molecule has 1 saturated heterocycles. The van der Waals surface area contributed by atoms with Crippen molar-refractivity contribution in [3.05, 3.63) is 72.4 Å². The highest BCUT2D eigenvalue weighted by atomic mass is 19.3. The van der Waals surface area contributed by atoms with Crippen molar-refractivity contribution in [3.8, 4) is 34.0 Å². The predicted molar refractivity (Wildman–Crippen MR) is 167 cm³/mol. The van der Waals surface area contributed by atoms with E-state index < -0.39 is 5.92 Å². The molecule has 0 amide bonds. The van der Waals surface area contributed by atoms with E-state index >= 15 is 0 Å². The normalized spacial score (nSPS) is 15.1. The Morgan fingerprint density at radius 3 is 2.67 bits per heavy atom. The summed E-state index contributed by atoms with van der Waals surface area (Å²) >= 11 is 0. The number of rotatable bonds is 9. The van der Waals surface area contributed by atoms with Crippen LogP contribution in [0.1, 0.15) is 12.0 Å². The maximum absolute atomic E-state index is 14.7. The molecule has 5 aromatic heterocycles. The molecule has 0 saturated carbocycles. The van der Waals surface area contributed by atoms with E-state index in [2.05, 4.69) is 30.5 Å². The monoisotopic (exact) mass is 612 g/mol. The quantitative estimate of drug-likeness (QED) is 0.194. The van der Waals surface area contributed by atoms with E-state index in [1.165, 1.54) is 12.1 Å². The molecule has 10 nitrogen and oxygen atoms in total. The maximum Gasteiger partial charge on any atom is 0.261 e. The first-order valence-electron chi connectivity index (χ1n) is 14.6. The number of hydrogen-bond acceptors (Lipinski definition) is 8. The summed E-state index contributed by atoms with van der Waals surface area (Å²) in [5, 5.41) is 10.8. The van der Waals surface area contributed by atoms with Crippen molar-refractivity contribution in [2.45, 2.75) is 18.9 Å². The highest BCUT2D eigenvalue weighted by Crippen LogP contribution is 2.33. The Morgan fingerprint density at radius 1 is 0.978 bits per heavy atom. The molecule has 3 N–H and O–H groups in total. The largest absolute Gasteiger partial charge is 0.384 e. The van der Waals surface area contributed by atoms with Crippen LogP contribution in [0.3, 0.4) is 0 Å². The van der Waals surface area contributed by atoms with Gasteiger partial charge in [-0.1, -0.05) is 0 Å². The third kappa shape index (κ3) is 6.08. The van der Waals surface area contributed by atoms with Gasteiger partial charge in [0, 0.05) is 68.0 Å². The molecule has 230 valence electrons. The number of H-pyrrole nitrogens is 2. The number of halogens is 3. The minimum Gasteiger partial charge on any atom is -0.384 e. The van der Waals surface area contributed by atoms with E-state index in [0.717, 1.165) is 28.7 Å². The average Bonchev–Trinajstić information content (AvgIpc) is 3.72. The molecule has 0 bridgehead atoms. The smallest absolute Gasteiger partial charge is 0.261 e. The summed E-state index contributed by atoms with van der Waals surface area (Å²) in [6.45, 7) is 1.96. The van der Waals surface area contributed by atoms with Crippen LogP contribution in [-0.2, 0) is 6.54 Å². The van der Waals surface area contributed by atoms with Crippen molar-refractivity contribution >= 4 is 27.8 Å². The minimum atomic E-state index is -2.65. The zero-order valence-electron chi connectivity index (χ0n) is 24.8. The Kier molecular flexibility index (Phi) is 7.42. The fraction of sp³-hybridized carbons (Fsp3) is 0.281. The van der Waals surface area contributed by atoms with Gasteiger partial charge >= 0.3 is 0 Å². The molecule has 1 aromatic carbocycles. The Labute approximate surface area is 256 Å². The van der Waals surface area contributed by atoms with E-state index in [0.29, 0.717) is 64.8 Å². The first-order valence-corrected chi connectivity index (χ1v) is 14.6. The summed E-state index contributed by atoms with van der Waals surface area (Å²) in [5.74, 6) is -2.54. The van der Waals surface area contributed by atoms with Crippen LogP contribution < -0.4 is 5.32 Å². The van der Waals surface area contributed by atoms with Crippen LogP contribution in [-0.4, -0.2) is 91.1 Å². The lowest BCUT2D eigenvalue weighted by atomic mass is 10.1. The molecule has 0 atom stereocenters. The second-order valence-corrected chi connectivity index (χ2v) is 11.7. The maximum atomic E-state index is 14.7. The highest BCUT2D eigenvalue weighted by molar-refractivity contribution is 5.95. The van der Waals surface area contributed by atoms with Gasteiger partial charge in [-0.05, 0) is 62.1 Å². The van der Waals surface area contributed by atoms with Gasteiger partial charge in [-0.2, -0.15) is 5.10 Å². The van der Waals surface area contributed by atoms with Crippen LogP contribution in [0, 0.1) is 5.82 Å². The minimum absolute atomic E-state index is 0.126. The van der Waals surface area contributed by atoms with Gasteiger partial charge in [0.1, 0.15) is 16.9 Å². The fourth-order valence-corrected chi connectivity index (χ4v) is 5.65. The first-order chi connectivity index (χ1) is 21.7. The number of alkyl halides is 2. The summed E-state index contributed by atoms with van der Waals surface area (Å²) in [5.41, 5.74) is 7.20. The third-order valence-electron chi connectivity index (χ3n) is 7.84. The lowest BCUT2D eigenvalue weighted by Crippen LogP contribution is -2.24. The summed E-state index contributed by atoms with van der Waals surface area (Å²) in [6.07, 6.45) is 4.94. The molecule has 1 fully saturated rings. The van der Waals surface area contributed by atoms with E-state index in [4.69, 9.17) is 9.97 Å².